The first-order valence-corrected chi connectivity index (χ1v) is 9.67. The minimum atomic E-state index is -1.98. The Morgan fingerprint density at radius 1 is 0.839 bits per heavy atom. The Morgan fingerprint density at radius 2 is 1.42 bits per heavy atom. The number of rotatable bonds is 10. The van der Waals surface area contributed by atoms with Crippen molar-refractivity contribution in [2.24, 2.45) is 0 Å². The van der Waals surface area contributed by atoms with E-state index in [4.69, 9.17) is 5.11 Å². The van der Waals surface area contributed by atoms with Gasteiger partial charge in [0.25, 0.3) is 0 Å². The number of hydrogen-bond acceptors (Lipinski definition) is 6. The lowest BCUT2D eigenvalue weighted by molar-refractivity contribution is -0.134. The highest BCUT2D eigenvalue weighted by Gasteiger charge is 2.35. The third kappa shape index (κ3) is 7.34. The zero-order valence-corrected chi connectivity index (χ0v) is 16.6. The normalized spacial score (nSPS) is 16.0. The molecule has 31 heavy (non-hydrogen) atoms. The van der Waals surface area contributed by atoms with E-state index >= 15 is 0 Å². The Bertz CT molecular complexity index is 912. The van der Waals surface area contributed by atoms with Crippen LogP contribution in [-0.4, -0.2) is 67.8 Å². The smallest absolute Gasteiger partial charge is 0.123 e. The molecule has 0 aliphatic carbocycles. The fourth-order valence-electron chi connectivity index (χ4n) is 3.00. The number of benzene rings is 2. The van der Waals surface area contributed by atoms with Crippen LogP contribution in [0.25, 0.3) is 0 Å². The summed E-state index contributed by atoms with van der Waals surface area (Å²) >= 11 is 0. The van der Waals surface area contributed by atoms with Crippen LogP contribution >= 0.6 is 0 Å². The van der Waals surface area contributed by atoms with E-state index in [9.17, 15) is 34.3 Å². The molecule has 2 rings (SSSR count). The van der Waals surface area contributed by atoms with E-state index in [1.165, 1.54) is 36.4 Å². The fourth-order valence-corrected chi connectivity index (χ4v) is 3.00. The predicted molar refractivity (Wildman–Crippen MR) is 109 cm³/mol. The Kier molecular flexibility index (Phi) is 9.48. The number of aliphatic hydroxyl groups is 6. The summed E-state index contributed by atoms with van der Waals surface area (Å²) < 4.78 is 26.9. The zero-order chi connectivity index (χ0) is 23.0. The van der Waals surface area contributed by atoms with Gasteiger partial charge in [0.05, 0.1) is 6.61 Å². The largest absolute Gasteiger partial charge is 0.394 e. The van der Waals surface area contributed by atoms with Crippen LogP contribution in [0.2, 0.25) is 0 Å². The van der Waals surface area contributed by atoms with Crippen LogP contribution in [0.3, 0.4) is 0 Å². The van der Waals surface area contributed by atoms with Gasteiger partial charge in [-0.1, -0.05) is 24.3 Å². The SMILES string of the molecule is OC[C@H](O)[C@@H](O)[C@H](O)[C@H](O)C(O)C(=C=CCc1cccc(F)c1)Cc1cccc(F)c1. The molecule has 0 radical (unpaired) electrons. The van der Waals surface area contributed by atoms with Crippen LogP contribution in [-0.2, 0) is 12.8 Å². The van der Waals surface area contributed by atoms with E-state index in [0.29, 0.717) is 11.1 Å². The van der Waals surface area contributed by atoms with Crippen molar-refractivity contribution in [3.63, 3.8) is 0 Å². The van der Waals surface area contributed by atoms with Crippen molar-refractivity contribution in [1.29, 1.82) is 0 Å². The van der Waals surface area contributed by atoms with Gasteiger partial charge in [0.15, 0.2) is 0 Å². The molecule has 0 saturated carbocycles. The second-order valence-corrected chi connectivity index (χ2v) is 7.18. The molecule has 0 aromatic heterocycles. The summed E-state index contributed by atoms with van der Waals surface area (Å²) in [6.45, 7) is -0.861. The highest BCUT2D eigenvalue weighted by Crippen LogP contribution is 2.18. The van der Waals surface area contributed by atoms with Crippen LogP contribution in [0.1, 0.15) is 11.1 Å². The summed E-state index contributed by atoms with van der Waals surface area (Å²) in [7, 11) is 0. The molecular formula is C23H26F2O6. The van der Waals surface area contributed by atoms with Gasteiger partial charge < -0.3 is 30.6 Å². The molecule has 0 heterocycles. The summed E-state index contributed by atoms with van der Waals surface area (Å²) in [6, 6.07) is 11.4. The molecule has 0 aliphatic rings. The third-order valence-corrected chi connectivity index (χ3v) is 4.76. The minimum absolute atomic E-state index is 0.0407. The van der Waals surface area contributed by atoms with Crippen LogP contribution in [0.4, 0.5) is 8.78 Å². The molecule has 2 aromatic carbocycles. The fraction of sp³-hybridized carbons (Fsp3) is 0.348. The van der Waals surface area contributed by atoms with E-state index in [2.05, 4.69) is 5.73 Å². The lowest BCUT2D eigenvalue weighted by atomic mass is 9.92. The topological polar surface area (TPSA) is 121 Å². The van der Waals surface area contributed by atoms with Gasteiger partial charge in [0.2, 0.25) is 0 Å². The molecule has 8 heteroatoms. The maximum Gasteiger partial charge on any atom is 0.123 e. The van der Waals surface area contributed by atoms with Gasteiger partial charge in [-0.25, -0.2) is 8.78 Å². The first kappa shape index (κ1) is 24.8. The molecule has 168 valence electrons. The molecule has 0 fully saturated rings. The first-order valence-electron chi connectivity index (χ1n) is 9.67. The van der Waals surface area contributed by atoms with Crippen molar-refractivity contribution >= 4 is 0 Å². The molecule has 5 atom stereocenters. The molecule has 1 unspecified atom stereocenters. The second-order valence-electron chi connectivity index (χ2n) is 7.18. The average molecular weight is 436 g/mol. The Hall–Kier alpha value is -2.42. The monoisotopic (exact) mass is 436 g/mol. The summed E-state index contributed by atoms with van der Waals surface area (Å²) in [4.78, 5) is 0. The maximum atomic E-state index is 13.5. The lowest BCUT2D eigenvalue weighted by Gasteiger charge is -2.29. The van der Waals surface area contributed by atoms with Crippen molar-refractivity contribution in [2.45, 2.75) is 43.4 Å². The molecule has 6 nitrogen and oxygen atoms in total. The molecular weight excluding hydrogens is 410 g/mol. The molecule has 0 bridgehead atoms. The molecule has 0 spiro atoms. The van der Waals surface area contributed by atoms with Crippen molar-refractivity contribution < 1.29 is 39.4 Å². The van der Waals surface area contributed by atoms with Crippen LogP contribution in [0.15, 0.2) is 65.9 Å². The Labute approximate surface area is 178 Å². The predicted octanol–water partition coefficient (Wildman–Crippen LogP) is 0.628. The van der Waals surface area contributed by atoms with Gasteiger partial charge in [0, 0.05) is 12.0 Å². The number of aliphatic hydroxyl groups excluding tert-OH is 6. The van der Waals surface area contributed by atoms with E-state index < -0.39 is 48.8 Å². The first-order chi connectivity index (χ1) is 14.7. The maximum absolute atomic E-state index is 13.5. The van der Waals surface area contributed by atoms with Crippen LogP contribution in [0, 0.1) is 11.6 Å². The average Bonchev–Trinajstić information content (AvgIpc) is 2.76. The Morgan fingerprint density at radius 3 is 2.00 bits per heavy atom. The zero-order valence-electron chi connectivity index (χ0n) is 16.6. The van der Waals surface area contributed by atoms with E-state index in [1.54, 1.807) is 18.2 Å². The molecule has 6 N–H and O–H groups in total. The Balaban J connectivity index is 2.30. The lowest BCUT2D eigenvalue weighted by Crippen LogP contribution is -2.50. The summed E-state index contributed by atoms with van der Waals surface area (Å²) in [5.74, 6) is -0.915. The third-order valence-electron chi connectivity index (χ3n) is 4.76. The van der Waals surface area contributed by atoms with Crippen molar-refractivity contribution in [2.75, 3.05) is 6.61 Å². The second kappa shape index (κ2) is 11.8. The van der Waals surface area contributed by atoms with E-state index in [1.807, 2.05) is 0 Å². The number of hydrogen-bond donors (Lipinski definition) is 6. The number of halogens is 2. The van der Waals surface area contributed by atoms with E-state index in [0.717, 1.165) is 0 Å². The molecule has 0 saturated heterocycles. The molecule has 0 aliphatic heterocycles. The minimum Gasteiger partial charge on any atom is -0.394 e. The van der Waals surface area contributed by atoms with Gasteiger partial charge in [-0.05, 0) is 47.9 Å². The molecule has 0 amide bonds. The summed E-state index contributed by atoms with van der Waals surface area (Å²) in [5.41, 5.74) is 3.96. The van der Waals surface area contributed by atoms with Gasteiger partial charge in [-0.2, -0.15) is 0 Å². The van der Waals surface area contributed by atoms with Crippen molar-refractivity contribution in [3.8, 4) is 0 Å². The molecule has 2 aromatic rings. The summed E-state index contributed by atoms with van der Waals surface area (Å²) in [5, 5.41) is 59.1. The highest BCUT2D eigenvalue weighted by atomic mass is 19.1. The van der Waals surface area contributed by atoms with Gasteiger partial charge in [-0.3, -0.25) is 0 Å². The van der Waals surface area contributed by atoms with Crippen LogP contribution in [0.5, 0.6) is 0 Å². The summed E-state index contributed by atoms with van der Waals surface area (Å²) in [6.07, 6.45) is -7.59. The van der Waals surface area contributed by atoms with Crippen molar-refractivity contribution in [3.05, 3.63) is 88.7 Å². The standard InChI is InChI=1S/C23H26F2O6/c24-17-8-2-5-14(11-17)4-1-7-16(10-15-6-3-9-18(25)12-15)20(28)22(30)23(31)21(29)19(27)13-26/h1-3,5-6,8-9,11-12,19-23,26-31H,4,10,13H2/t7?,19-,20?,21+,22+,23-/m0/s1. The van der Waals surface area contributed by atoms with Crippen LogP contribution < -0.4 is 0 Å². The highest BCUT2D eigenvalue weighted by molar-refractivity contribution is 5.26. The quantitative estimate of drug-likeness (QED) is 0.304. The van der Waals surface area contributed by atoms with E-state index in [-0.39, 0.29) is 18.4 Å². The van der Waals surface area contributed by atoms with Gasteiger partial charge in [-0.15, -0.1) is 5.73 Å². The van der Waals surface area contributed by atoms with Gasteiger partial charge >= 0.3 is 0 Å². The van der Waals surface area contributed by atoms with Gasteiger partial charge in [0.1, 0.15) is 42.2 Å². The van der Waals surface area contributed by atoms with Crippen molar-refractivity contribution in [1.82, 2.24) is 0 Å².